The first-order valence-corrected chi connectivity index (χ1v) is 3.95. The molecule has 0 atom stereocenters. The van der Waals surface area contributed by atoms with Crippen LogP contribution in [0.25, 0.3) is 0 Å². The number of carbonyl (C=O) groups is 1. The van der Waals surface area contributed by atoms with E-state index in [1.165, 1.54) is 11.0 Å². The summed E-state index contributed by atoms with van der Waals surface area (Å²) in [4.78, 5) is 14.9. The van der Waals surface area contributed by atoms with Gasteiger partial charge in [-0.3, -0.25) is 10.1 Å². The van der Waals surface area contributed by atoms with E-state index in [1.807, 2.05) is 6.92 Å². The highest BCUT2D eigenvalue weighted by atomic mass is 16.5. The first-order valence-electron chi connectivity index (χ1n) is 3.95. The largest absolute Gasteiger partial charge is 0.372 e. The molecular formula is C7H12N4O2. The van der Waals surface area contributed by atoms with Crippen LogP contribution in [0.1, 0.15) is 6.92 Å². The van der Waals surface area contributed by atoms with Gasteiger partial charge in [0.15, 0.2) is 0 Å². The van der Waals surface area contributed by atoms with Gasteiger partial charge in [0, 0.05) is 13.7 Å². The van der Waals surface area contributed by atoms with Gasteiger partial charge in [-0.25, -0.2) is 4.68 Å². The Morgan fingerprint density at radius 2 is 2.54 bits per heavy atom. The van der Waals surface area contributed by atoms with Crippen LogP contribution in [-0.2, 0) is 16.6 Å². The summed E-state index contributed by atoms with van der Waals surface area (Å²) < 4.78 is 6.39. The lowest BCUT2D eigenvalue weighted by atomic mass is 10.6. The highest BCUT2D eigenvalue weighted by Gasteiger charge is 2.05. The van der Waals surface area contributed by atoms with Crippen LogP contribution in [0, 0.1) is 0 Å². The number of ether oxygens (including phenoxy) is 1. The molecule has 72 valence electrons. The van der Waals surface area contributed by atoms with Crippen LogP contribution in [0.5, 0.6) is 0 Å². The summed E-state index contributed by atoms with van der Waals surface area (Å²) in [5.41, 5.74) is 0. The number of amides is 1. The van der Waals surface area contributed by atoms with Gasteiger partial charge in [-0.05, 0) is 6.92 Å². The molecule has 0 radical (unpaired) electrons. The molecule has 1 rings (SSSR count). The molecule has 0 aromatic carbocycles. The number of anilines is 1. The molecule has 13 heavy (non-hydrogen) atoms. The minimum atomic E-state index is -0.224. The normalized spacial score (nSPS) is 10.0. The molecule has 0 aliphatic heterocycles. The van der Waals surface area contributed by atoms with Crippen molar-refractivity contribution in [1.82, 2.24) is 14.8 Å². The quantitative estimate of drug-likeness (QED) is 0.703. The standard InChI is InChI=1S/C7H12N4O2/c1-3-13-4-6(12)10-7-8-5-9-11(7)2/h5H,3-4H2,1-2H3,(H,8,9,10,12). The van der Waals surface area contributed by atoms with Crippen LogP contribution < -0.4 is 5.32 Å². The van der Waals surface area contributed by atoms with Crippen molar-refractivity contribution < 1.29 is 9.53 Å². The first-order chi connectivity index (χ1) is 6.24. The summed E-state index contributed by atoms with van der Waals surface area (Å²) in [5, 5.41) is 6.35. The van der Waals surface area contributed by atoms with E-state index >= 15 is 0 Å². The van der Waals surface area contributed by atoms with Gasteiger partial charge in [0.1, 0.15) is 12.9 Å². The van der Waals surface area contributed by atoms with Crippen molar-refractivity contribution in [3.8, 4) is 0 Å². The van der Waals surface area contributed by atoms with E-state index in [9.17, 15) is 4.79 Å². The maximum atomic E-state index is 11.1. The van der Waals surface area contributed by atoms with Gasteiger partial charge in [0.2, 0.25) is 5.95 Å². The number of hydrogen-bond donors (Lipinski definition) is 1. The maximum absolute atomic E-state index is 11.1. The van der Waals surface area contributed by atoms with Crippen molar-refractivity contribution >= 4 is 11.9 Å². The van der Waals surface area contributed by atoms with Gasteiger partial charge in [-0.15, -0.1) is 0 Å². The van der Waals surface area contributed by atoms with Crippen LogP contribution in [0.15, 0.2) is 6.33 Å². The molecule has 0 saturated carbocycles. The van der Waals surface area contributed by atoms with Gasteiger partial charge in [-0.2, -0.15) is 10.1 Å². The van der Waals surface area contributed by atoms with Crippen molar-refractivity contribution in [2.24, 2.45) is 7.05 Å². The number of nitrogens with zero attached hydrogens (tertiary/aromatic N) is 3. The highest BCUT2D eigenvalue weighted by molar-refractivity contribution is 5.89. The molecule has 1 N–H and O–H groups in total. The Morgan fingerprint density at radius 1 is 1.77 bits per heavy atom. The average molecular weight is 184 g/mol. The molecule has 6 heteroatoms. The Morgan fingerprint density at radius 3 is 3.08 bits per heavy atom. The van der Waals surface area contributed by atoms with Crippen molar-refractivity contribution in [3.63, 3.8) is 0 Å². The van der Waals surface area contributed by atoms with Crippen LogP contribution in [0.2, 0.25) is 0 Å². The molecule has 1 aromatic heterocycles. The molecule has 0 aliphatic carbocycles. The predicted molar refractivity (Wildman–Crippen MR) is 46.1 cm³/mol. The van der Waals surface area contributed by atoms with Gasteiger partial charge in [-0.1, -0.05) is 0 Å². The second-order valence-corrected chi connectivity index (χ2v) is 2.39. The first kappa shape index (κ1) is 9.66. The minimum absolute atomic E-state index is 0.0450. The van der Waals surface area contributed by atoms with Gasteiger partial charge in [0.05, 0.1) is 0 Å². The van der Waals surface area contributed by atoms with E-state index < -0.39 is 0 Å². The summed E-state index contributed by atoms with van der Waals surface area (Å²) in [5.74, 6) is 0.197. The Balaban J connectivity index is 2.41. The number of hydrogen-bond acceptors (Lipinski definition) is 4. The molecule has 1 amide bonds. The summed E-state index contributed by atoms with van der Waals surface area (Å²) in [6.45, 7) is 2.39. The Hall–Kier alpha value is -1.43. The van der Waals surface area contributed by atoms with Gasteiger partial charge >= 0.3 is 0 Å². The third-order valence-electron chi connectivity index (χ3n) is 1.40. The summed E-state index contributed by atoms with van der Waals surface area (Å²) in [6, 6.07) is 0. The summed E-state index contributed by atoms with van der Waals surface area (Å²) in [7, 11) is 1.70. The molecule has 0 saturated heterocycles. The fourth-order valence-corrected chi connectivity index (χ4v) is 0.765. The minimum Gasteiger partial charge on any atom is -0.372 e. The number of carbonyl (C=O) groups excluding carboxylic acids is 1. The lowest BCUT2D eigenvalue weighted by Gasteiger charge is -2.02. The predicted octanol–water partition coefficient (Wildman–Crippen LogP) is -0.210. The molecular weight excluding hydrogens is 172 g/mol. The van der Waals surface area contributed by atoms with Crippen molar-refractivity contribution in [1.29, 1.82) is 0 Å². The third-order valence-corrected chi connectivity index (χ3v) is 1.40. The molecule has 0 aliphatic rings. The fourth-order valence-electron chi connectivity index (χ4n) is 0.765. The summed E-state index contributed by atoms with van der Waals surface area (Å²) >= 11 is 0. The zero-order valence-electron chi connectivity index (χ0n) is 7.65. The van der Waals surface area contributed by atoms with Crippen LogP contribution in [0.4, 0.5) is 5.95 Å². The molecule has 0 spiro atoms. The lowest BCUT2D eigenvalue weighted by molar-refractivity contribution is -0.120. The fraction of sp³-hybridized carbons (Fsp3) is 0.571. The zero-order chi connectivity index (χ0) is 9.68. The average Bonchev–Trinajstić information content (AvgIpc) is 2.48. The van der Waals surface area contributed by atoms with E-state index in [4.69, 9.17) is 4.74 Å². The molecule has 0 bridgehead atoms. The van der Waals surface area contributed by atoms with Gasteiger partial charge in [0.25, 0.3) is 5.91 Å². The van der Waals surface area contributed by atoms with Crippen molar-refractivity contribution in [2.45, 2.75) is 6.92 Å². The Kier molecular flexibility index (Phi) is 3.39. The Labute approximate surface area is 75.9 Å². The third kappa shape index (κ3) is 2.83. The molecule has 1 heterocycles. The molecule has 6 nitrogen and oxygen atoms in total. The van der Waals surface area contributed by atoms with Crippen LogP contribution in [-0.4, -0.2) is 33.9 Å². The maximum Gasteiger partial charge on any atom is 0.252 e. The molecule has 0 fully saturated rings. The topological polar surface area (TPSA) is 69.0 Å². The van der Waals surface area contributed by atoms with Crippen LogP contribution in [0.3, 0.4) is 0 Å². The number of aryl methyl sites for hydroxylation is 1. The SMILES string of the molecule is CCOCC(=O)Nc1ncnn1C. The van der Waals surface area contributed by atoms with Crippen molar-refractivity contribution in [2.75, 3.05) is 18.5 Å². The van der Waals surface area contributed by atoms with E-state index in [1.54, 1.807) is 7.05 Å². The van der Waals surface area contributed by atoms with Crippen LogP contribution >= 0.6 is 0 Å². The highest BCUT2D eigenvalue weighted by Crippen LogP contribution is 1.96. The van der Waals surface area contributed by atoms with Gasteiger partial charge < -0.3 is 4.74 Å². The number of nitrogens with one attached hydrogen (secondary N) is 1. The van der Waals surface area contributed by atoms with E-state index in [-0.39, 0.29) is 12.5 Å². The van der Waals surface area contributed by atoms with E-state index in [0.717, 1.165) is 0 Å². The lowest BCUT2D eigenvalue weighted by Crippen LogP contribution is -2.20. The zero-order valence-corrected chi connectivity index (χ0v) is 7.65. The molecule has 0 unspecified atom stereocenters. The van der Waals surface area contributed by atoms with E-state index in [2.05, 4.69) is 15.4 Å². The number of rotatable bonds is 4. The smallest absolute Gasteiger partial charge is 0.252 e. The Bertz CT molecular complexity index is 284. The van der Waals surface area contributed by atoms with E-state index in [0.29, 0.717) is 12.6 Å². The monoisotopic (exact) mass is 184 g/mol. The van der Waals surface area contributed by atoms with Crippen molar-refractivity contribution in [3.05, 3.63) is 6.33 Å². The summed E-state index contributed by atoms with van der Waals surface area (Å²) in [6.07, 6.45) is 1.37. The molecule has 1 aromatic rings. The second-order valence-electron chi connectivity index (χ2n) is 2.39. The second kappa shape index (κ2) is 4.56. The number of aromatic nitrogens is 3.